The number of nitrogens with zero attached hydrogens (tertiary/aromatic N) is 2. The molecule has 0 bridgehead atoms. The van der Waals surface area contributed by atoms with E-state index in [9.17, 15) is 14.7 Å². The first kappa shape index (κ1) is 15.8. The van der Waals surface area contributed by atoms with E-state index in [2.05, 4.69) is 0 Å². The lowest BCUT2D eigenvalue weighted by Crippen LogP contribution is -2.49. The van der Waals surface area contributed by atoms with Crippen LogP contribution < -0.4 is 0 Å². The van der Waals surface area contributed by atoms with Gasteiger partial charge in [-0.15, -0.1) is 0 Å². The summed E-state index contributed by atoms with van der Waals surface area (Å²) in [5.41, 5.74) is 1.17. The van der Waals surface area contributed by atoms with Crippen molar-refractivity contribution in [2.24, 2.45) is 0 Å². The Kier molecular flexibility index (Phi) is 5.19. The third kappa shape index (κ3) is 3.54. The van der Waals surface area contributed by atoms with Gasteiger partial charge in [0, 0.05) is 40.3 Å². The number of methoxy groups -OCH3 is 2. The maximum absolute atomic E-state index is 12.5. The molecule has 2 amide bonds. The van der Waals surface area contributed by atoms with Crippen LogP contribution in [0.25, 0.3) is 0 Å². The zero-order valence-corrected chi connectivity index (χ0v) is 12.4. The molecular formula is C14H22N2O5. The predicted octanol–water partition coefficient (Wildman–Crippen LogP) is 0.559. The summed E-state index contributed by atoms with van der Waals surface area (Å²) in [6, 6.07) is -1.03. The molecule has 0 aromatic heterocycles. The summed E-state index contributed by atoms with van der Waals surface area (Å²) in [4.78, 5) is 26.9. The van der Waals surface area contributed by atoms with Gasteiger partial charge in [0.1, 0.15) is 6.04 Å². The number of aliphatic carboxylic acids is 1. The van der Waals surface area contributed by atoms with Crippen molar-refractivity contribution >= 4 is 12.0 Å². The van der Waals surface area contributed by atoms with Gasteiger partial charge in [0.15, 0.2) is 0 Å². The number of carbonyl (C=O) groups excluding carboxylic acids is 1. The molecule has 0 spiro atoms. The molecule has 118 valence electrons. The van der Waals surface area contributed by atoms with Crippen LogP contribution in [-0.4, -0.2) is 79.5 Å². The van der Waals surface area contributed by atoms with Crippen LogP contribution in [0, 0.1) is 0 Å². The Morgan fingerprint density at radius 1 is 1.43 bits per heavy atom. The molecular weight excluding hydrogens is 276 g/mol. The number of amides is 2. The van der Waals surface area contributed by atoms with Crippen molar-refractivity contribution in [2.45, 2.75) is 25.0 Å². The predicted molar refractivity (Wildman–Crippen MR) is 75.1 cm³/mol. The number of carboxylic acids is 1. The molecule has 0 saturated carbocycles. The van der Waals surface area contributed by atoms with E-state index in [0.717, 1.165) is 6.42 Å². The van der Waals surface area contributed by atoms with E-state index in [1.165, 1.54) is 17.6 Å². The highest BCUT2D eigenvalue weighted by Crippen LogP contribution is 2.23. The van der Waals surface area contributed by atoms with E-state index in [4.69, 9.17) is 9.47 Å². The van der Waals surface area contributed by atoms with E-state index in [-0.39, 0.29) is 12.1 Å². The Balaban J connectivity index is 2.01. The number of ether oxygens (including phenoxy) is 2. The smallest absolute Gasteiger partial charge is 0.326 e. The van der Waals surface area contributed by atoms with Crippen LogP contribution >= 0.6 is 0 Å². The summed E-state index contributed by atoms with van der Waals surface area (Å²) in [6.07, 6.45) is 2.87. The van der Waals surface area contributed by atoms with Gasteiger partial charge in [-0.3, -0.25) is 0 Å². The number of hydrogen-bond acceptors (Lipinski definition) is 4. The van der Waals surface area contributed by atoms with Gasteiger partial charge in [-0.25, -0.2) is 9.59 Å². The third-order valence-corrected chi connectivity index (χ3v) is 4.03. The van der Waals surface area contributed by atoms with Crippen LogP contribution in [-0.2, 0) is 14.3 Å². The fourth-order valence-corrected chi connectivity index (χ4v) is 2.80. The third-order valence-electron chi connectivity index (χ3n) is 4.03. The summed E-state index contributed by atoms with van der Waals surface area (Å²) in [5.74, 6) is -0.976. The highest BCUT2D eigenvalue weighted by Gasteiger charge is 2.41. The first-order chi connectivity index (χ1) is 10.1. The molecule has 7 nitrogen and oxygen atoms in total. The minimum absolute atomic E-state index is 0.209. The normalized spacial score (nSPS) is 25.9. The van der Waals surface area contributed by atoms with Crippen LogP contribution in [0.4, 0.5) is 4.79 Å². The fraction of sp³-hybridized carbons (Fsp3) is 0.714. The lowest BCUT2D eigenvalue weighted by molar-refractivity contribution is -0.141. The molecule has 1 saturated heterocycles. The number of rotatable bonds is 4. The molecule has 7 heteroatoms. The van der Waals surface area contributed by atoms with E-state index < -0.39 is 12.0 Å². The largest absolute Gasteiger partial charge is 0.480 e. The standard InChI is InChI=1S/C14H22N2O5/c1-20-9-10-3-5-15(6-4-10)14(19)16-8-11(21-2)7-12(16)13(17)18/h3,11-12H,4-9H2,1-2H3,(H,17,18). The summed E-state index contributed by atoms with van der Waals surface area (Å²) < 4.78 is 10.3. The van der Waals surface area contributed by atoms with Crippen molar-refractivity contribution in [1.29, 1.82) is 0 Å². The molecule has 1 fully saturated rings. The monoisotopic (exact) mass is 298 g/mol. The van der Waals surface area contributed by atoms with Crippen LogP contribution in [0.15, 0.2) is 11.6 Å². The van der Waals surface area contributed by atoms with Crippen molar-refractivity contribution in [1.82, 2.24) is 9.80 Å². The minimum Gasteiger partial charge on any atom is -0.480 e. The zero-order valence-electron chi connectivity index (χ0n) is 12.4. The van der Waals surface area contributed by atoms with Crippen molar-refractivity contribution in [3.63, 3.8) is 0 Å². The first-order valence-corrected chi connectivity index (χ1v) is 7.04. The zero-order chi connectivity index (χ0) is 15.4. The quantitative estimate of drug-likeness (QED) is 0.767. The number of carboxylic acid groups (broad SMARTS) is 1. The minimum atomic E-state index is -0.976. The Labute approximate surface area is 124 Å². The molecule has 21 heavy (non-hydrogen) atoms. The number of carbonyl (C=O) groups is 2. The van der Waals surface area contributed by atoms with Gasteiger partial charge in [-0.1, -0.05) is 6.08 Å². The summed E-state index contributed by atoms with van der Waals surface area (Å²) in [7, 11) is 3.18. The maximum atomic E-state index is 12.5. The molecule has 2 rings (SSSR count). The van der Waals surface area contributed by atoms with Crippen molar-refractivity contribution in [2.75, 3.05) is 40.5 Å². The maximum Gasteiger partial charge on any atom is 0.326 e. The van der Waals surface area contributed by atoms with E-state index in [1.807, 2.05) is 6.08 Å². The van der Waals surface area contributed by atoms with Gasteiger partial charge in [0.25, 0.3) is 0 Å². The van der Waals surface area contributed by atoms with Gasteiger partial charge >= 0.3 is 12.0 Å². The van der Waals surface area contributed by atoms with Crippen LogP contribution in [0.2, 0.25) is 0 Å². The Bertz CT molecular complexity index is 437. The van der Waals surface area contributed by atoms with Gasteiger partial charge in [0.2, 0.25) is 0 Å². The van der Waals surface area contributed by atoms with Crippen LogP contribution in [0.3, 0.4) is 0 Å². The van der Waals surface area contributed by atoms with Crippen molar-refractivity contribution in [3.8, 4) is 0 Å². The molecule has 2 unspecified atom stereocenters. The van der Waals surface area contributed by atoms with Crippen LogP contribution in [0.5, 0.6) is 0 Å². The fourth-order valence-electron chi connectivity index (χ4n) is 2.80. The SMILES string of the molecule is COCC1=CCN(C(=O)N2CC(OC)CC2C(=O)O)CC1. The summed E-state index contributed by atoms with van der Waals surface area (Å²) >= 11 is 0. The van der Waals surface area contributed by atoms with Crippen LogP contribution in [0.1, 0.15) is 12.8 Å². The Morgan fingerprint density at radius 3 is 2.71 bits per heavy atom. The average Bonchev–Trinajstić information content (AvgIpc) is 2.92. The van der Waals surface area contributed by atoms with Crippen molar-refractivity contribution < 1.29 is 24.2 Å². The molecule has 2 aliphatic heterocycles. The molecule has 0 aromatic rings. The molecule has 2 heterocycles. The Hall–Kier alpha value is -1.60. The second-order valence-electron chi connectivity index (χ2n) is 5.37. The lowest BCUT2D eigenvalue weighted by Gasteiger charge is -2.32. The summed E-state index contributed by atoms with van der Waals surface area (Å²) in [6.45, 7) is 2.00. The Morgan fingerprint density at radius 2 is 2.19 bits per heavy atom. The molecule has 2 atom stereocenters. The highest BCUT2D eigenvalue weighted by molar-refractivity contribution is 5.83. The first-order valence-electron chi connectivity index (χ1n) is 7.04. The van der Waals surface area contributed by atoms with E-state index in [0.29, 0.717) is 32.7 Å². The van der Waals surface area contributed by atoms with E-state index >= 15 is 0 Å². The second-order valence-corrected chi connectivity index (χ2v) is 5.37. The molecule has 0 aliphatic carbocycles. The average molecular weight is 298 g/mol. The molecule has 1 N–H and O–H groups in total. The second kappa shape index (κ2) is 6.91. The van der Waals surface area contributed by atoms with E-state index in [1.54, 1.807) is 12.0 Å². The molecule has 2 aliphatic rings. The van der Waals surface area contributed by atoms with Gasteiger partial charge in [-0.05, 0) is 12.0 Å². The summed E-state index contributed by atoms with van der Waals surface area (Å²) in [5, 5.41) is 9.26. The molecule has 0 aromatic carbocycles. The topological polar surface area (TPSA) is 79.3 Å². The molecule has 0 radical (unpaired) electrons. The van der Waals surface area contributed by atoms with Crippen molar-refractivity contribution in [3.05, 3.63) is 11.6 Å². The number of hydrogen-bond donors (Lipinski definition) is 1. The number of urea groups is 1. The lowest BCUT2D eigenvalue weighted by atomic mass is 10.1. The number of likely N-dealkylation sites (tertiary alicyclic amines) is 1. The van der Waals surface area contributed by atoms with Gasteiger partial charge < -0.3 is 24.4 Å². The highest BCUT2D eigenvalue weighted by atomic mass is 16.5. The van der Waals surface area contributed by atoms with Gasteiger partial charge in [0.05, 0.1) is 12.7 Å². The van der Waals surface area contributed by atoms with Gasteiger partial charge in [-0.2, -0.15) is 0 Å².